The van der Waals surface area contributed by atoms with Crippen LogP contribution >= 0.6 is 0 Å². The Bertz CT molecular complexity index is 1620. The third-order valence-corrected chi connectivity index (χ3v) is 11.2. The number of nitrogens with two attached hydrogens (primary N) is 1. The Morgan fingerprint density at radius 3 is 2.35 bits per heavy atom. The molecule has 5 rings (SSSR count). The number of hydrogen-bond acceptors (Lipinski definition) is 8. The number of nitrogen functional groups attached to an aromatic ring is 1. The lowest BCUT2D eigenvalue weighted by molar-refractivity contribution is 0.0981. The Kier molecular flexibility index (Phi) is 9.41. The van der Waals surface area contributed by atoms with Crippen molar-refractivity contribution < 1.29 is 18.0 Å². The van der Waals surface area contributed by atoms with Gasteiger partial charge in [0.2, 0.25) is 0 Å². The summed E-state index contributed by atoms with van der Waals surface area (Å²) in [6.45, 7) is 14.3. The number of urea groups is 1. The van der Waals surface area contributed by atoms with Gasteiger partial charge in [-0.05, 0) is 69.2 Å². The first-order valence-electron chi connectivity index (χ1n) is 16.5. The maximum atomic E-state index is 14.0. The second-order valence-electron chi connectivity index (χ2n) is 14.5. The maximum Gasteiger partial charge on any atom is 0.317 e. The SMILES string of the molecule is CC1CCN(c2nc(C(C)(C)C)c(C3=CCN(C(=O)NC4CCCCC4)CC3)cc2C(=O)NS(=O)(=O)c2cccc(N)n2)C1(C)C. The lowest BCUT2D eigenvalue weighted by atomic mass is 9.83. The van der Waals surface area contributed by atoms with Crippen LogP contribution in [0.2, 0.25) is 0 Å². The summed E-state index contributed by atoms with van der Waals surface area (Å²) in [5.74, 6) is 0.0397. The molecule has 46 heavy (non-hydrogen) atoms. The quantitative estimate of drug-likeness (QED) is 0.384. The van der Waals surface area contributed by atoms with Crippen molar-refractivity contribution in [3.8, 4) is 0 Å². The minimum absolute atomic E-state index is 0.0352. The Morgan fingerprint density at radius 1 is 1.04 bits per heavy atom. The number of sulfonamides is 1. The van der Waals surface area contributed by atoms with Crippen molar-refractivity contribution in [2.24, 2.45) is 5.92 Å². The fourth-order valence-corrected chi connectivity index (χ4v) is 7.66. The summed E-state index contributed by atoms with van der Waals surface area (Å²) in [5.41, 5.74) is 7.81. The molecule has 1 aliphatic carbocycles. The summed E-state index contributed by atoms with van der Waals surface area (Å²) in [4.78, 5) is 40.2. The average Bonchev–Trinajstić information content (AvgIpc) is 3.27. The Morgan fingerprint density at radius 2 is 1.76 bits per heavy atom. The van der Waals surface area contributed by atoms with E-state index in [4.69, 9.17) is 10.7 Å². The third kappa shape index (κ3) is 7.01. The highest BCUT2D eigenvalue weighted by molar-refractivity contribution is 7.90. The molecule has 0 bridgehead atoms. The van der Waals surface area contributed by atoms with E-state index in [9.17, 15) is 18.0 Å². The van der Waals surface area contributed by atoms with Gasteiger partial charge in [0.05, 0.1) is 11.3 Å². The zero-order valence-electron chi connectivity index (χ0n) is 28.0. The van der Waals surface area contributed by atoms with Crippen LogP contribution in [0.25, 0.3) is 5.57 Å². The summed E-state index contributed by atoms with van der Waals surface area (Å²) in [7, 11) is -4.32. The van der Waals surface area contributed by atoms with Crippen molar-refractivity contribution >= 4 is 39.2 Å². The van der Waals surface area contributed by atoms with E-state index in [-0.39, 0.29) is 39.4 Å². The molecule has 0 spiro atoms. The third-order valence-electron chi connectivity index (χ3n) is 9.92. The van der Waals surface area contributed by atoms with Crippen molar-refractivity contribution in [1.29, 1.82) is 0 Å². The Labute approximate surface area is 273 Å². The van der Waals surface area contributed by atoms with Gasteiger partial charge in [-0.25, -0.2) is 19.5 Å². The van der Waals surface area contributed by atoms with Crippen LogP contribution in [0, 0.1) is 5.92 Å². The largest absolute Gasteiger partial charge is 0.384 e. The van der Waals surface area contributed by atoms with E-state index in [1.807, 2.05) is 11.0 Å². The molecule has 1 atom stereocenters. The van der Waals surface area contributed by atoms with Crippen LogP contribution in [0.5, 0.6) is 0 Å². The van der Waals surface area contributed by atoms with Crippen molar-refractivity contribution in [2.45, 2.75) is 109 Å². The van der Waals surface area contributed by atoms with E-state index in [2.05, 4.69) is 61.5 Å². The number of nitrogens with zero attached hydrogens (tertiary/aromatic N) is 4. The molecular formula is C34H49N7O4S. The summed E-state index contributed by atoms with van der Waals surface area (Å²) in [6, 6.07) is 6.24. The van der Waals surface area contributed by atoms with Gasteiger partial charge in [0.15, 0.2) is 5.03 Å². The predicted octanol–water partition coefficient (Wildman–Crippen LogP) is 5.23. The number of carbonyl (C=O) groups is 2. The summed E-state index contributed by atoms with van der Waals surface area (Å²) < 4.78 is 28.8. The van der Waals surface area contributed by atoms with Gasteiger partial charge in [0.1, 0.15) is 11.6 Å². The zero-order chi connectivity index (χ0) is 33.4. The molecule has 11 nitrogen and oxygen atoms in total. The molecule has 0 aromatic carbocycles. The number of amides is 3. The lowest BCUT2D eigenvalue weighted by Crippen LogP contribution is -2.46. The van der Waals surface area contributed by atoms with Crippen molar-refractivity contribution in [3.05, 3.63) is 47.2 Å². The minimum atomic E-state index is -4.32. The van der Waals surface area contributed by atoms with Crippen LogP contribution in [0.4, 0.5) is 16.4 Å². The highest BCUT2D eigenvalue weighted by atomic mass is 32.2. The number of carbonyl (C=O) groups excluding carboxylic acids is 2. The molecule has 1 unspecified atom stereocenters. The standard InChI is InChI=1S/C34H49N7O4S/c1-22-15-20-41(34(22,5)6)30-26(31(42)39-46(44,45)28-14-10-13-27(35)37-28)21-25(29(38-30)33(2,3)4)23-16-18-40(19-17-23)32(43)36-24-11-8-7-9-12-24/h10,13-14,16,21-22,24H,7-9,11-12,15,17-20H2,1-6H3,(H2,35,37)(H,36,43)(H,39,42). The van der Waals surface area contributed by atoms with Crippen LogP contribution in [-0.2, 0) is 15.4 Å². The van der Waals surface area contributed by atoms with Crippen molar-refractivity contribution in [2.75, 3.05) is 30.3 Å². The van der Waals surface area contributed by atoms with Gasteiger partial charge in [-0.3, -0.25) is 4.79 Å². The fourth-order valence-electron chi connectivity index (χ4n) is 6.72. The van der Waals surface area contributed by atoms with E-state index < -0.39 is 15.9 Å². The van der Waals surface area contributed by atoms with Crippen LogP contribution in [0.15, 0.2) is 35.4 Å². The van der Waals surface area contributed by atoms with E-state index >= 15 is 0 Å². The van der Waals surface area contributed by atoms with Gasteiger partial charge in [0, 0.05) is 42.2 Å². The molecular weight excluding hydrogens is 602 g/mol. The van der Waals surface area contributed by atoms with E-state index in [1.165, 1.54) is 24.6 Å². The highest BCUT2D eigenvalue weighted by Crippen LogP contribution is 2.42. The number of rotatable bonds is 6. The first kappa shape index (κ1) is 33.7. The second-order valence-corrected chi connectivity index (χ2v) is 16.2. The van der Waals surface area contributed by atoms with Crippen LogP contribution in [-0.4, -0.2) is 66.4 Å². The van der Waals surface area contributed by atoms with Crippen molar-refractivity contribution in [3.63, 3.8) is 0 Å². The first-order valence-corrected chi connectivity index (χ1v) is 17.9. The predicted molar refractivity (Wildman–Crippen MR) is 181 cm³/mol. The normalized spacial score (nSPS) is 20.7. The molecule has 2 aromatic rings. The average molecular weight is 652 g/mol. The zero-order valence-corrected chi connectivity index (χ0v) is 28.8. The van der Waals surface area contributed by atoms with Gasteiger partial charge >= 0.3 is 6.03 Å². The maximum absolute atomic E-state index is 14.0. The summed E-state index contributed by atoms with van der Waals surface area (Å²) in [5, 5.41) is 2.87. The summed E-state index contributed by atoms with van der Waals surface area (Å²) >= 11 is 0. The number of hydrogen-bond donors (Lipinski definition) is 3. The van der Waals surface area contributed by atoms with Gasteiger partial charge in [-0.2, -0.15) is 8.42 Å². The van der Waals surface area contributed by atoms with E-state index in [0.717, 1.165) is 48.9 Å². The van der Waals surface area contributed by atoms with Crippen LogP contribution in [0.3, 0.4) is 0 Å². The van der Waals surface area contributed by atoms with Crippen molar-refractivity contribution in [1.82, 2.24) is 24.9 Å². The number of pyridine rings is 2. The molecule has 250 valence electrons. The van der Waals surface area contributed by atoms with E-state index in [1.54, 1.807) is 6.07 Å². The van der Waals surface area contributed by atoms with Crippen LogP contribution in [0.1, 0.15) is 108 Å². The molecule has 3 aliphatic rings. The molecule has 4 heterocycles. The molecule has 1 saturated carbocycles. The minimum Gasteiger partial charge on any atom is -0.384 e. The second kappa shape index (κ2) is 12.8. The number of anilines is 2. The van der Waals surface area contributed by atoms with Gasteiger partial charge < -0.3 is 20.9 Å². The van der Waals surface area contributed by atoms with Gasteiger partial charge in [-0.15, -0.1) is 0 Å². The van der Waals surface area contributed by atoms with E-state index in [0.29, 0.717) is 37.8 Å². The molecule has 1 saturated heterocycles. The highest BCUT2D eigenvalue weighted by Gasteiger charge is 2.42. The number of nitrogens with one attached hydrogen (secondary N) is 2. The monoisotopic (exact) mass is 651 g/mol. The number of aromatic nitrogens is 2. The Balaban J connectivity index is 1.53. The van der Waals surface area contributed by atoms with Gasteiger partial charge in [-0.1, -0.05) is 59.1 Å². The molecule has 2 aliphatic heterocycles. The topological polar surface area (TPSA) is 151 Å². The fraction of sp³-hybridized carbons (Fsp3) is 0.588. The molecule has 0 radical (unpaired) electrons. The van der Waals surface area contributed by atoms with Crippen LogP contribution < -0.4 is 20.7 Å². The molecule has 12 heteroatoms. The van der Waals surface area contributed by atoms with Gasteiger partial charge in [0.25, 0.3) is 15.9 Å². The first-order chi connectivity index (χ1) is 21.6. The molecule has 3 amide bonds. The Hall–Kier alpha value is -3.67. The summed E-state index contributed by atoms with van der Waals surface area (Å²) in [6.07, 6.45) is 9.10. The smallest absolute Gasteiger partial charge is 0.317 e. The lowest BCUT2D eigenvalue weighted by Gasteiger charge is -2.38. The molecule has 2 fully saturated rings. The molecule has 2 aromatic heterocycles. The molecule has 4 N–H and O–H groups in total.